The van der Waals surface area contributed by atoms with Crippen LogP contribution in [0.25, 0.3) is 10.2 Å². The predicted molar refractivity (Wildman–Crippen MR) is 114 cm³/mol. The number of nitrogens with two attached hydrogens (primary N) is 1. The van der Waals surface area contributed by atoms with Crippen LogP contribution >= 0.6 is 11.3 Å². The Kier molecular flexibility index (Phi) is 5.40. The van der Waals surface area contributed by atoms with Gasteiger partial charge in [-0.25, -0.2) is 4.98 Å². The number of aryl methyl sites for hydroxylation is 1. The summed E-state index contributed by atoms with van der Waals surface area (Å²) in [6, 6.07) is 7.15. The van der Waals surface area contributed by atoms with E-state index in [0.717, 1.165) is 18.4 Å². The highest BCUT2D eigenvalue weighted by atomic mass is 32.1. The molecule has 2 amide bonds. The first-order chi connectivity index (χ1) is 14.4. The number of hydrogen-bond acceptors (Lipinski definition) is 6. The van der Waals surface area contributed by atoms with Crippen molar-refractivity contribution in [3.63, 3.8) is 0 Å². The lowest BCUT2D eigenvalue weighted by molar-refractivity contribution is 0.0734. The number of hydrogen-bond donors (Lipinski definition) is 2. The van der Waals surface area contributed by atoms with Crippen LogP contribution in [0.2, 0.25) is 0 Å². The molecule has 0 bridgehead atoms. The second-order valence-corrected chi connectivity index (χ2v) is 8.41. The summed E-state index contributed by atoms with van der Waals surface area (Å²) in [4.78, 5) is 47.4. The average Bonchev–Trinajstić information content (AvgIpc) is 3.49. The second-order valence-electron chi connectivity index (χ2n) is 7.41. The summed E-state index contributed by atoms with van der Waals surface area (Å²) in [7, 11) is 1.53. The number of fused-ring (bicyclic) bond motifs is 1. The van der Waals surface area contributed by atoms with Crippen LogP contribution in [0, 0.1) is 6.92 Å². The highest BCUT2D eigenvalue weighted by molar-refractivity contribution is 7.20. The zero-order chi connectivity index (χ0) is 21.4. The molecule has 3 N–H and O–H groups in total. The van der Waals surface area contributed by atoms with Crippen LogP contribution in [0.3, 0.4) is 0 Å². The van der Waals surface area contributed by atoms with Gasteiger partial charge in [0.25, 0.3) is 11.5 Å². The average molecular weight is 426 g/mol. The fourth-order valence-corrected chi connectivity index (χ4v) is 4.66. The number of ether oxygens (including phenoxy) is 1. The summed E-state index contributed by atoms with van der Waals surface area (Å²) in [5, 5.41) is 0.440. The van der Waals surface area contributed by atoms with Crippen molar-refractivity contribution in [1.29, 1.82) is 0 Å². The van der Waals surface area contributed by atoms with E-state index in [1.165, 1.54) is 18.4 Å². The van der Waals surface area contributed by atoms with E-state index in [1.54, 1.807) is 25.1 Å². The third-order valence-corrected chi connectivity index (χ3v) is 6.31. The molecular weight excluding hydrogens is 404 g/mol. The van der Waals surface area contributed by atoms with Gasteiger partial charge in [0, 0.05) is 25.3 Å². The number of nitrogens with one attached hydrogen (secondary N) is 1. The first-order valence-electron chi connectivity index (χ1n) is 9.60. The highest BCUT2D eigenvalue weighted by Gasteiger charge is 2.35. The quantitative estimate of drug-likeness (QED) is 0.601. The Labute approximate surface area is 176 Å². The standard InChI is InChI=1S/C21H22N4O4S/c1-11-16-19(27)23-15(10-29-2)24-20(16)30-17(11)21(28)25(14-6-7-14)9-12-4-3-5-13(8-12)18(22)26/h3-5,8,14H,6-7,9-10H2,1-2H3,(H2,22,26)(H,23,24,27). The molecule has 1 saturated carbocycles. The van der Waals surface area contributed by atoms with Crippen LogP contribution in [0.15, 0.2) is 29.1 Å². The fourth-order valence-electron chi connectivity index (χ4n) is 3.50. The van der Waals surface area contributed by atoms with Gasteiger partial charge in [-0.2, -0.15) is 0 Å². The number of primary amides is 1. The number of thiophene rings is 1. The van der Waals surface area contributed by atoms with Crippen LogP contribution in [0.5, 0.6) is 0 Å². The van der Waals surface area contributed by atoms with Gasteiger partial charge in [0.15, 0.2) is 0 Å². The molecule has 4 rings (SSSR count). The Hall–Kier alpha value is -3.04. The summed E-state index contributed by atoms with van der Waals surface area (Å²) in [6.45, 7) is 2.34. The molecule has 1 aliphatic carbocycles. The number of H-pyrrole nitrogens is 1. The van der Waals surface area contributed by atoms with E-state index in [4.69, 9.17) is 10.5 Å². The Balaban J connectivity index is 1.69. The molecule has 0 spiro atoms. The first-order valence-corrected chi connectivity index (χ1v) is 10.4. The van der Waals surface area contributed by atoms with Gasteiger partial charge >= 0.3 is 0 Å². The Morgan fingerprint density at radius 1 is 1.37 bits per heavy atom. The van der Waals surface area contributed by atoms with Crippen molar-refractivity contribution in [3.05, 3.63) is 62.0 Å². The van der Waals surface area contributed by atoms with Crippen molar-refractivity contribution >= 4 is 33.4 Å². The van der Waals surface area contributed by atoms with Gasteiger partial charge in [-0.1, -0.05) is 12.1 Å². The van der Waals surface area contributed by atoms with E-state index in [1.807, 2.05) is 11.0 Å². The molecule has 0 saturated heterocycles. The van der Waals surface area contributed by atoms with Gasteiger partial charge in [0.05, 0.1) is 10.3 Å². The summed E-state index contributed by atoms with van der Waals surface area (Å²) in [5.74, 6) is -0.202. The Morgan fingerprint density at radius 3 is 2.80 bits per heavy atom. The number of benzene rings is 1. The van der Waals surface area contributed by atoms with Crippen molar-refractivity contribution in [2.45, 2.75) is 39.0 Å². The van der Waals surface area contributed by atoms with Crippen molar-refractivity contribution in [1.82, 2.24) is 14.9 Å². The molecule has 2 aromatic heterocycles. The summed E-state index contributed by atoms with van der Waals surface area (Å²) < 4.78 is 5.05. The molecule has 8 nitrogen and oxygen atoms in total. The van der Waals surface area contributed by atoms with Gasteiger partial charge in [-0.3, -0.25) is 14.4 Å². The number of aromatic amines is 1. The third kappa shape index (κ3) is 3.86. The molecule has 1 aromatic carbocycles. The molecule has 1 fully saturated rings. The van der Waals surface area contributed by atoms with Crippen LogP contribution in [0.1, 0.15) is 49.8 Å². The normalized spacial score (nSPS) is 13.5. The van der Waals surface area contributed by atoms with Crippen molar-refractivity contribution in [2.75, 3.05) is 7.11 Å². The van der Waals surface area contributed by atoms with E-state index in [9.17, 15) is 14.4 Å². The molecule has 30 heavy (non-hydrogen) atoms. The molecule has 1 aliphatic rings. The summed E-state index contributed by atoms with van der Waals surface area (Å²) in [5.41, 5.74) is 6.99. The molecular formula is C21H22N4O4S. The number of carbonyl (C=O) groups excluding carboxylic acids is 2. The zero-order valence-corrected chi connectivity index (χ0v) is 17.5. The van der Waals surface area contributed by atoms with Crippen molar-refractivity contribution in [3.8, 4) is 0 Å². The minimum Gasteiger partial charge on any atom is -0.377 e. The predicted octanol–water partition coefficient (Wildman–Crippen LogP) is 2.34. The van der Waals surface area contributed by atoms with Gasteiger partial charge in [0.1, 0.15) is 17.3 Å². The van der Waals surface area contributed by atoms with Gasteiger partial charge in [-0.15, -0.1) is 11.3 Å². The van der Waals surface area contributed by atoms with Gasteiger partial charge < -0.3 is 20.4 Å². The van der Waals surface area contributed by atoms with E-state index >= 15 is 0 Å². The Morgan fingerprint density at radius 2 is 2.13 bits per heavy atom. The van der Waals surface area contributed by atoms with Crippen LogP contribution in [-0.4, -0.2) is 39.8 Å². The van der Waals surface area contributed by atoms with Crippen molar-refractivity contribution in [2.24, 2.45) is 5.73 Å². The van der Waals surface area contributed by atoms with E-state index in [2.05, 4.69) is 9.97 Å². The third-order valence-electron chi connectivity index (χ3n) is 5.14. The van der Waals surface area contributed by atoms with E-state index in [0.29, 0.717) is 38.6 Å². The molecule has 0 unspecified atom stereocenters. The van der Waals surface area contributed by atoms with Crippen molar-refractivity contribution < 1.29 is 14.3 Å². The minimum absolute atomic E-state index is 0.129. The lowest BCUT2D eigenvalue weighted by Gasteiger charge is -2.22. The topological polar surface area (TPSA) is 118 Å². The Bertz CT molecular complexity index is 1200. The first kappa shape index (κ1) is 20.2. The number of aromatic nitrogens is 2. The maximum absolute atomic E-state index is 13.4. The van der Waals surface area contributed by atoms with Crippen LogP contribution in [-0.2, 0) is 17.9 Å². The zero-order valence-electron chi connectivity index (χ0n) is 16.7. The van der Waals surface area contributed by atoms with E-state index < -0.39 is 5.91 Å². The van der Waals surface area contributed by atoms with Gasteiger partial charge in [0.2, 0.25) is 5.91 Å². The maximum atomic E-state index is 13.4. The molecule has 2 heterocycles. The molecule has 156 valence electrons. The number of methoxy groups -OCH3 is 1. The molecule has 9 heteroatoms. The number of carbonyl (C=O) groups is 2. The summed E-state index contributed by atoms with van der Waals surface area (Å²) >= 11 is 1.23. The monoisotopic (exact) mass is 426 g/mol. The smallest absolute Gasteiger partial charge is 0.264 e. The minimum atomic E-state index is -0.501. The highest BCUT2D eigenvalue weighted by Crippen LogP contribution is 2.34. The SMILES string of the molecule is COCc1nc2sc(C(=O)N(Cc3cccc(C(N)=O)c3)C3CC3)c(C)c2c(=O)[nH]1. The fraction of sp³-hybridized carbons (Fsp3) is 0.333. The number of nitrogens with zero attached hydrogens (tertiary/aromatic N) is 2. The molecule has 0 aliphatic heterocycles. The number of rotatable bonds is 7. The van der Waals surface area contributed by atoms with E-state index in [-0.39, 0.29) is 24.1 Å². The van der Waals surface area contributed by atoms with Gasteiger partial charge in [-0.05, 0) is 43.0 Å². The molecule has 0 atom stereocenters. The maximum Gasteiger partial charge on any atom is 0.264 e. The summed E-state index contributed by atoms with van der Waals surface area (Å²) in [6.07, 6.45) is 1.87. The number of amides is 2. The molecule has 0 radical (unpaired) electrons. The van der Waals surface area contributed by atoms with Crippen LogP contribution in [0.4, 0.5) is 0 Å². The largest absolute Gasteiger partial charge is 0.377 e. The second kappa shape index (κ2) is 8.00. The molecule has 3 aromatic rings. The van der Waals surface area contributed by atoms with Crippen LogP contribution < -0.4 is 11.3 Å². The lowest BCUT2D eigenvalue weighted by atomic mass is 10.1. The lowest BCUT2D eigenvalue weighted by Crippen LogP contribution is -2.32.